The summed E-state index contributed by atoms with van der Waals surface area (Å²) in [6, 6.07) is 5.64. The third-order valence-electron chi connectivity index (χ3n) is 7.53. The van der Waals surface area contributed by atoms with Crippen molar-refractivity contribution >= 4 is 29.5 Å². The van der Waals surface area contributed by atoms with Gasteiger partial charge in [-0.25, -0.2) is 0 Å². The van der Waals surface area contributed by atoms with E-state index < -0.39 is 11.3 Å². The van der Waals surface area contributed by atoms with Gasteiger partial charge in [0.15, 0.2) is 11.5 Å². The molecular weight excluding hydrogens is 468 g/mol. The second-order valence-electron chi connectivity index (χ2n) is 9.62. The topological polar surface area (TPSA) is 85.4 Å². The smallest absolute Gasteiger partial charge is 0.317 e. The third-order valence-corrected chi connectivity index (χ3v) is 8.47. The van der Waals surface area contributed by atoms with Crippen LogP contribution in [-0.2, 0) is 25.7 Å². The molecule has 0 bridgehead atoms. The number of rotatable bonds is 5. The zero-order valence-electron chi connectivity index (χ0n) is 20.1. The fraction of sp³-hybridized carbons (Fsp3) is 0.577. The number of carbonyl (C=O) groups is 3. The predicted octanol–water partition coefficient (Wildman–Crippen LogP) is 3.35. The molecule has 9 heteroatoms. The van der Waals surface area contributed by atoms with Crippen molar-refractivity contribution in [3.05, 3.63) is 35.5 Å². The molecule has 0 unspecified atom stereocenters. The summed E-state index contributed by atoms with van der Waals surface area (Å²) in [5.41, 5.74) is 0.687. The van der Waals surface area contributed by atoms with Gasteiger partial charge in [0.25, 0.3) is 0 Å². The Morgan fingerprint density at radius 2 is 1.97 bits per heavy atom. The van der Waals surface area contributed by atoms with Crippen molar-refractivity contribution in [1.82, 2.24) is 9.80 Å². The molecule has 0 saturated carbocycles. The molecule has 0 aromatic heterocycles. The first-order valence-electron chi connectivity index (χ1n) is 12.4. The van der Waals surface area contributed by atoms with E-state index in [-0.39, 0.29) is 31.0 Å². The lowest BCUT2D eigenvalue weighted by Gasteiger charge is -2.46. The van der Waals surface area contributed by atoms with E-state index in [1.54, 1.807) is 4.90 Å². The van der Waals surface area contributed by atoms with Crippen LogP contribution in [0.15, 0.2) is 30.0 Å². The molecule has 0 radical (unpaired) electrons. The van der Waals surface area contributed by atoms with E-state index >= 15 is 0 Å². The number of hydrogen-bond acceptors (Lipinski definition) is 7. The molecular formula is C26H32N2O6S. The molecule has 1 aliphatic carbocycles. The van der Waals surface area contributed by atoms with Crippen LogP contribution in [0.25, 0.3) is 0 Å². The van der Waals surface area contributed by atoms with Crippen molar-refractivity contribution in [3.8, 4) is 11.5 Å². The number of methoxy groups -OCH3 is 1. The van der Waals surface area contributed by atoms with Crippen LogP contribution in [0.4, 0.5) is 0 Å². The average Bonchev–Trinajstić information content (AvgIpc) is 3.24. The van der Waals surface area contributed by atoms with Crippen molar-refractivity contribution < 1.29 is 28.6 Å². The first kappa shape index (κ1) is 24.0. The molecule has 2 amide bonds. The molecule has 3 heterocycles. The summed E-state index contributed by atoms with van der Waals surface area (Å²) in [6.45, 7) is 1.89. The number of amides is 2. The number of likely N-dealkylation sites (tertiary alicyclic amines) is 1. The molecule has 3 aliphatic heterocycles. The summed E-state index contributed by atoms with van der Waals surface area (Å²) >= 11 is 1.84. The van der Waals surface area contributed by atoms with Crippen molar-refractivity contribution in [2.75, 3.05) is 38.5 Å². The molecule has 5 rings (SSSR count). The Labute approximate surface area is 209 Å². The van der Waals surface area contributed by atoms with Gasteiger partial charge >= 0.3 is 5.97 Å². The van der Waals surface area contributed by atoms with Gasteiger partial charge in [0.2, 0.25) is 18.6 Å². The summed E-state index contributed by atoms with van der Waals surface area (Å²) in [6.07, 6.45) is 5.70. The average molecular weight is 501 g/mol. The van der Waals surface area contributed by atoms with Gasteiger partial charge in [-0.2, -0.15) is 11.8 Å². The molecule has 1 aromatic rings. The van der Waals surface area contributed by atoms with Gasteiger partial charge in [0, 0.05) is 42.6 Å². The van der Waals surface area contributed by atoms with Gasteiger partial charge in [-0.1, -0.05) is 18.6 Å². The highest BCUT2D eigenvalue weighted by Crippen LogP contribution is 2.50. The van der Waals surface area contributed by atoms with Crippen LogP contribution in [0.5, 0.6) is 11.5 Å². The van der Waals surface area contributed by atoms with Crippen LogP contribution < -0.4 is 9.47 Å². The minimum absolute atomic E-state index is 0.00672. The van der Waals surface area contributed by atoms with Crippen LogP contribution in [0, 0.1) is 11.3 Å². The molecule has 4 aliphatic rings. The molecule has 35 heavy (non-hydrogen) atoms. The van der Waals surface area contributed by atoms with Crippen LogP contribution in [-0.4, -0.2) is 66.1 Å². The number of benzene rings is 1. The Hall–Kier alpha value is -2.68. The lowest BCUT2D eigenvalue weighted by Crippen LogP contribution is -2.53. The fourth-order valence-corrected chi connectivity index (χ4v) is 6.64. The molecule has 2 saturated heterocycles. The minimum atomic E-state index is -0.918. The maximum atomic E-state index is 13.9. The predicted molar refractivity (Wildman–Crippen MR) is 131 cm³/mol. The SMILES string of the molecule is COC(=O)[C@]12CCCCC=C1N(Cc1ccc3c(c1)OCO3)C(=O)[C@H](CC(=O)N1CCSCC1)C2. The lowest BCUT2D eigenvalue weighted by atomic mass is 9.69. The summed E-state index contributed by atoms with van der Waals surface area (Å²) in [5, 5.41) is 0. The second-order valence-corrected chi connectivity index (χ2v) is 10.8. The highest BCUT2D eigenvalue weighted by atomic mass is 32.2. The van der Waals surface area contributed by atoms with Gasteiger partial charge in [0.05, 0.1) is 13.7 Å². The number of carbonyl (C=O) groups excluding carboxylic acids is 3. The molecule has 1 aromatic carbocycles. The Morgan fingerprint density at radius 1 is 1.17 bits per heavy atom. The first-order valence-corrected chi connectivity index (χ1v) is 13.5. The molecule has 0 N–H and O–H groups in total. The van der Waals surface area contributed by atoms with Gasteiger partial charge in [-0.15, -0.1) is 0 Å². The standard InChI is InChI=1S/C26H32N2O6S/c1-32-25(31)26-8-4-2-3-5-22(26)28(16-18-6-7-20-21(13-18)34-17-33-20)24(30)19(15-26)14-23(29)27-9-11-35-12-10-27/h5-7,13,19H,2-4,8-12,14-17H2,1H3/t19-,26+/m1/s1. The zero-order valence-corrected chi connectivity index (χ0v) is 20.9. The van der Waals surface area contributed by atoms with E-state index in [0.717, 1.165) is 42.0 Å². The van der Waals surface area contributed by atoms with Gasteiger partial charge in [0.1, 0.15) is 5.41 Å². The fourth-order valence-electron chi connectivity index (χ4n) is 5.74. The van der Waals surface area contributed by atoms with Crippen LogP contribution in [0.3, 0.4) is 0 Å². The highest BCUT2D eigenvalue weighted by Gasteiger charge is 2.54. The quantitative estimate of drug-likeness (QED) is 0.573. The number of hydrogen-bond donors (Lipinski definition) is 0. The van der Waals surface area contributed by atoms with Gasteiger partial charge in [-0.3, -0.25) is 14.4 Å². The van der Waals surface area contributed by atoms with Crippen LogP contribution in [0.1, 0.15) is 44.1 Å². The number of nitrogens with zero attached hydrogens (tertiary/aromatic N) is 2. The Morgan fingerprint density at radius 3 is 2.77 bits per heavy atom. The van der Waals surface area contributed by atoms with E-state index in [1.807, 2.05) is 40.9 Å². The van der Waals surface area contributed by atoms with E-state index in [0.29, 0.717) is 44.0 Å². The van der Waals surface area contributed by atoms with E-state index in [9.17, 15) is 14.4 Å². The normalized spacial score (nSPS) is 26.0. The van der Waals surface area contributed by atoms with Crippen LogP contribution in [0.2, 0.25) is 0 Å². The zero-order chi connectivity index (χ0) is 24.4. The van der Waals surface area contributed by atoms with E-state index in [2.05, 4.69) is 0 Å². The molecule has 2 atom stereocenters. The van der Waals surface area contributed by atoms with Gasteiger partial charge in [-0.05, 0) is 43.4 Å². The Balaban J connectivity index is 1.48. The Bertz CT molecular complexity index is 1040. The maximum Gasteiger partial charge on any atom is 0.317 e. The number of piperidine rings is 1. The molecule has 0 spiro atoms. The minimum Gasteiger partial charge on any atom is -0.468 e. The van der Waals surface area contributed by atoms with Gasteiger partial charge < -0.3 is 24.0 Å². The number of thioether (sulfide) groups is 1. The van der Waals surface area contributed by atoms with Crippen molar-refractivity contribution in [2.24, 2.45) is 11.3 Å². The lowest BCUT2D eigenvalue weighted by molar-refractivity contribution is -0.160. The van der Waals surface area contributed by atoms with Crippen molar-refractivity contribution in [3.63, 3.8) is 0 Å². The molecule has 2 fully saturated rings. The summed E-state index contributed by atoms with van der Waals surface area (Å²) in [7, 11) is 1.41. The first-order chi connectivity index (χ1) is 17.0. The maximum absolute atomic E-state index is 13.9. The second kappa shape index (κ2) is 10.1. The number of fused-ring (bicyclic) bond motifs is 2. The van der Waals surface area contributed by atoms with Crippen molar-refractivity contribution in [2.45, 2.75) is 45.1 Å². The monoisotopic (exact) mass is 500 g/mol. The summed E-state index contributed by atoms with van der Waals surface area (Å²) < 4.78 is 16.3. The number of allylic oxidation sites excluding steroid dienone is 1. The molecule has 8 nitrogen and oxygen atoms in total. The largest absolute Gasteiger partial charge is 0.468 e. The van der Waals surface area contributed by atoms with E-state index in [1.165, 1.54) is 7.11 Å². The molecule has 188 valence electrons. The summed E-state index contributed by atoms with van der Waals surface area (Å²) in [4.78, 5) is 44.0. The van der Waals surface area contributed by atoms with E-state index in [4.69, 9.17) is 14.2 Å². The van der Waals surface area contributed by atoms with Crippen molar-refractivity contribution in [1.29, 1.82) is 0 Å². The number of esters is 1. The van der Waals surface area contributed by atoms with Crippen LogP contribution >= 0.6 is 11.8 Å². The highest BCUT2D eigenvalue weighted by molar-refractivity contribution is 7.99. The Kier molecular flexibility index (Phi) is 6.95. The third kappa shape index (κ3) is 4.62. The summed E-state index contributed by atoms with van der Waals surface area (Å²) in [5.74, 6) is 2.17. The number of ether oxygens (including phenoxy) is 3.